The van der Waals surface area contributed by atoms with Crippen LogP contribution in [0.15, 0.2) is 31.6 Å². The number of nitrogens with one attached hydrogen (secondary N) is 4. The number of aromatic amines is 2. The van der Waals surface area contributed by atoms with Crippen molar-refractivity contribution in [2.75, 3.05) is 46.4 Å². The molecule has 5 atom stereocenters. The zero-order valence-electron chi connectivity index (χ0n) is 24.5. The molecule has 0 spiro atoms. The Hall–Kier alpha value is -3.67. The van der Waals surface area contributed by atoms with Crippen LogP contribution in [0.25, 0.3) is 0 Å². The maximum absolute atomic E-state index is 13.4. The lowest BCUT2D eigenvalue weighted by molar-refractivity contribution is -0.159. The Balaban J connectivity index is 1.42. The van der Waals surface area contributed by atoms with E-state index in [9.17, 15) is 33.3 Å². The molecule has 0 aliphatic carbocycles. The van der Waals surface area contributed by atoms with Crippen LogP contribution in [0.4, 0.5) is 0 Å². The molecule has 0 saturated carbocycles. The Labute approximate surface area is 250 Å². The number of aromatic nitrogens is 4. The van der Waals surface area contributed by atoms with Crippen LogP contribution in [0, 0.1) is 13.8 Å². The zero-order valence-corrected chi connectivity index (χ0v) is 25.5. The van der Waals surface area contributed by atoms with E-state index in [1.807, 2.05) is 0 Å². The Morgan fingerprint density at radius 3 is 2.16 bits per heavy atom. The van der Waals surface area contributed by atoms with E-state index in [0.29, 0.717) is 18.7 Å². The van der Waals surface area contributed by atoms with Crippen LogP contribution >= 0.6 is 8.18 Å². The van der Waals surface area contributed by atoms with Gasteiger partial charge in [0.25, 0.3) is 19.3 Å². The SMILES string of the molecule is CNC(=O)CCC(=O)OC[C@@H]1CN([PH](=O)OC[C@@H]2CNC[C@H](n3cc(C)c(=O)[nH]c3=O)O2)C[C@H](n2cc(C)c(=O)[nH]c2=O)O1. The molecule has 2 aromatic heterocycles. The van der Waals surface area contributed by atoms with Crippen molar-refractivity contribution in [1.29, 1.82) is 0 Å². The Bertz CT molecular complexity index is 1620. The van der Waals surface area contributed by atoms with Crippen molar-refractivity contribution in [2.24, 2.45) is 0 Å². The molecule has 242 valence electrons. The third-order valence-electron chi connectivity index (χ3n) is 7.02. The molecule has 19 heteroatoms. The fourth-order valence-corrected chi connectivity index (χ4v) is 5.78. The second-order valence-electron chi connectivity index (χ2n) is 10.4. The quantitative estimate of drug-likeness (QED) is 0.152. The van der Waals surface area contributed by atoms with Crippen LogP contribution < -0.4 is 33.1 Å². The molecule has 1 amide bonds. The fourth-order valence-electron chi connectivity index (χ4n) is 4.61. The first-order chi connectivity index (χ1) is 20.9. The van der Waals surface area contributed by atoms with Gasteiger partial charge in [0.15, 0.2) is 12.5 Å². The van der Waals surface area contributed by atoms with Crippen LogP contribution in [0.3, 0.4) is 0 Å². The van der Waals surface area contributed by atoms with Crippen molar-refractivity contribution in [1.82, 2.24) is 34.4 Å². The average molecular weight is 642 g/mol. The first-order valence-electron chi connectivity index (χ1n) is 13.9. The number of H-pyrrole nitrogens is 2. The number of aryl methyl sites for hydroxylation is 2. The van der Waals surface area contributed by atoms with Gasteiger partial charge in [-0.3, -0.25) is 42.8 Å². The normalized spacial score (nSPS) is 23.2. The molecular formula is C25H36N7O11P. The van der Waals surface area contributed by atoms with Gasteiger partial charge in [-0.1, -0.05) is 0 Å². The highest BCUT2D eigenvalue weighted by molar-refractivity contribution is 7.36. The summed E-state index contributed by atoms with van der Waals surface area (Å²) >= 11 is 0. The van der Waals surface area contributed by atoms with Gasteiger partial charge in [0.2, 0.25) is 5.91 Å². The molecule has 2 fully saturated rings. The summed E-state index contributed by atoms with van der Waals surface area (Å²) in [6.07, 6.45) is -0.666. The van der Waals surface area contributed by atoms with E-state index in [0.717, 1.165) is 4.57 Å². The standard InChI is InChI=1S/C25H36N7O11P/c1-14-8-31(24(37)28-22(14)35)19-7-27-6-16(42-19)13-41-44(39)30-10-17(12-40-21(34)5-4-18(33)26-3)43-20(11-30)32-9-15(2)23(36)29-25(32)38/h8-9,16-17,19-20,27,44H,4-7,10-13H2,1-3H3,(H,26,33)(H,28,35,37)(H,29,36,38)/t16-,17-,19+,20+/m0/s1. The Kier molecular flexibility index (Phi) is 11.2. The minimum atomic E-state index is -2.96. The minimum Gasteiger partial charge on any atom is -0.463 e. The maximum Gasteiger partial charge on any atom is 0.330 e. The van der Waals surface area contributed by atoms with Crippen molar-refractivity contribution in [3.8, 4) is 0 Å². The second kappa shape index (κ2) is 14.9. The molecule has 2 saturated heterocycles. The lowest BCUT2D eigenvalue weighted by atomic mass is 10.3. The number of carbonyl (C=O) groups is 2. The smallest absolute Gasteiger partial charge is 0.330 e. The molecule has 18 nitrogen and oxygen atoms in total. The summed E-state index contributed by atoms with van der Waals surface area (Å²) in [7, 11) is -1.51. The average Bonchev–Trinajstić information content (AvgIpc) is 3.01. The van der Waals surface area contributed by atoms with Crippen molar-refractivity contribution < 1.29 is 32.9 Å². The maximum atomic E-state index is 13.4. The van der Waals surface area contributed by atoms with E-state index >= 15 is 0 Å². The Morgan fingerprint density at radius 2 is 1.52 bits per heavy atom. The van der Waals surface area contributed by atoms with Gasteiger partial charge in [-0.15, -0.1) is 0 Å². The molecular weight excluding hydrogens is 605 g/mol. The van der Waals surface area contributed by atoms with Crippen LogP contribution in [0.2, 0.25) is 0 Å². The van der Waals surface area contributed by atoms with Crippen LogP contribution in [0.5, 0.6) is 0 Å². The van der Waals surface area contributed by atoms with Crippen molar-refractivity contribution in [2.45, 2.75) is 51.4 Å². The number of hydrogen-bond acceptors (Lipinski definition) is 12. The number of rotatable bonds is 11. The van der Waals surface area contributed by atoms with E-state index in [1.165, 1.54) is 35.6 Å². The zero-order chi connectivity index (χ0) is 32.0. The number of esters is 1. The van der Waals surface area contributed by atoms with E-state index in [-0.39, 0.29) is 50.6 Å². The molecule has 2 aliphatic rings. The third kappa shape index (κ3) is 8.49. The van der Waals surface area contributed by atoms with Crippen LogP contribution in [-0.2, 0) is 32.9 Å². The van der Waals surface area contributed by atoms with Crippen molar-refractivity contribution in [3.63, 3.8) is 0 Å². The lowest BCUT2D eigenvalue weighted by Crippen LogP contribution is -2.48. The summed E-state index contributed by atoms with van der Waals surface area (Å²) in [5, 5.41) is 5.54. The molecule has 0 aromatic carbocycles. The largest absolute Gasteiger partial charge is 0.463 e. The summed E-state index contributed by atoms with van der Waals surface area (Å²) in [4.78, 5) is 76.5. The van der Waals surface area contributed by atoms with Gasteiger partial charge in [0.05, 0.1) is 25.7 Å². The van der Waals surface area contributed by atoms with Gasteiger partial charge in [0, 0.05) is 56.6 Å². The highest BCUT2D eigenvalue weighted by Crippen LogP contribution is 2.35. The van der Waals surface area contributed by atoms with Gasteiger partial charge in [0.1, 0.15) is 12.7 Å². The number of nitrogens with zero attached hydrogens (tertiary/aromatic N) is 3. The van der Waals surface area contributed by atoms with Crippen molar-refractivity contribution >= 4 is 20.1 Å². The summed E-state index contributed by atoms with van der Waals surface area (Å²) in [6.45, 7) is 3.31. The summed E-state index contributed by atoms with van der Waals surface area (Å²) in [5.41, 5.74) is -1.84. The van der Waals surface area contributed by atoms with E-state index in [4.69, 9.17) is 18.7 Å². The lowest BCUT2D eigenvalue weighted by Gasteiger charge is -2.38. The van der Waals surface area contributed by atoms with E-state index < -0.39 is 61.3 Å². The minimum absolute atomic E-state index is 0.0204. The molecule has 4 heterocycles. The summed E-state index contributed by atoms with van der Waals surface area (Å²) in [5.74, 6) is -0.963. The molecule has 4 N–H and O–H groups in total. The van der Waals surface area contributed by atoms with Gasteiger partial charge in [-0.25, -0.2) is 14.3 Å². The third-order valence-corrected chi connectivity index (χ3v) is 8.31. The monoisotopic (exact) mass is 641 g/mol. The molecule has 44 heavy (non-hydrogen) atoms. The number of hydrogen-bond donors (Lipinski definition) is 4. The predicted octanol–water partition coefficient (Wildman–Crippen LogP) is -2.13. The van der Waals surface area contributed by atoms with Gasteiger partial charge in [-0.2, -0.15) is 0 Å². The van der Waals surface area contributed by atoms with Gasteiger partial charge in [-0.05, 0) is 13.8 Å². The van der Waals surface area contributed by atoms with E-state index in [2.05, 4.69) is 20.6 Å². The highest BCUT2D eigenvalue weighted by Gasteiger charge is 2.34. The van der Waals surface area contributed by atoms with Gasteiger partial charge >= 0.3 is 17.3 Å². The van der Waals surface area contributed by atoms with E-state index in [1.54, 1.807) is 6.92 Å². The molecule has 4 rings (SSSR count). The number of ether oxygens (including phenoxy) is 3. The number of morpholine rings is 2. The molecule has 0 radical (unpaired) electrons. The fraction of sp³-hybridized carbons (Fsp3) is 0.600. The van der Waals surface area contributed by atoms with Crippen molar-refractivity contribution in [3.05, 3.63) is 65.2 Å². The first-order valence-corrected chi connectivity index (χ1v) is 15.1. The summed E-state index contributed by atoms with van der Waals surface area (Å²) in [6, 6.07) is 0. The molecule has 1 unspecified atom stereocenters. The highest BCUT2D eigenvalue weighted by atomic mass is 31.1. The van der Waals surface area contributed by atoms with Crippen LogP contribution in [0.1, 0.15) is 36.4 Å². The van der Waals surface area contributed by atoms with Gasteiger partial charge < -0.3 is 29.4 Å². The Morgan fingerprint density at radius 1 is 0.909 bits per heavy atom. The second-order valence-corrected chi connectivity index (χ2v) is 11.8. The molecule has 2 aromatic rings. The molecule has 0 bridgehead atoms. The topological polar surface area (TPSA) is 225 Å². The van der Waals surface area contributed by atoms with Crippen LogP contribution in [-0.4, -0.2) is 94.3 Å². The summed E-state index contributed by atoms with van der Waals surface area (Å²) < 4.78 is 40.2. The first kappa shape index (κ1) is 33.2. The predicted molar refractivity (Wildman–Crippen MR) is 154 cm³/mol. The molecule has 2 aliphatic heterocycles. The number of carbonyl (C=O) groups excluding carboxylic acids is 2. The number of amides is 1.